The number of hydrogen-bond donors (Lipinski definition) is 2. The number of ether oxygens (including phenoxy) is 1. The Labute approximate surface area is 257 Å². The molecule has 0 radical (unpaired) electrons. The quantitative estimate of drug-likeness (QED) is 0.294. The van der Waals surface area contributed by atoms with Gasteiger partial charge < -0.3 is 15.2 Å². The van der Waals surface area contributed by atoms with E-state index in [-0.39, 0.29) is 18.7 Å². The van der Waals surface area contributed by atoms with Crippen LogP contribution in [0.5, 0.6) is 0 Å². The number of carboxylic acids is 1. The summed E-state index contributed by atoms with van der Waals surface area (Å²) in [7, 11) is 1.32. The molecule has 2 N–H and O–H groups in total. The maximum Gasteiger partial charge on any atom is 0.328 e. The third kappa shape index (κ3) is 9.92. The van der Waals surface area contributed by atoms with Gasteiger partial charge >= 0.3 is 11.9 Å². The summed E-state index contributed by atoms with van der Waals surface area (Å²) in [6.45, 7) is 0. The van der Waals surface area contributed by atoms with Gasteiger partial charge in [0, 0.05) is 24.2 Å². The van der Waals surface area contributed by atoms with Crippen LogP contribution >= 0.6 is 0 Å². The summed E-state index contributed by atoms with van der Waals surface area (Å²) in [6, 6.07) is 18.3. The van der Waals surface area contributed by atoms with Crippen LogP contribution in [0.25, 0.3) is 0 Å². The molecule has 2 aromatic carbocycles. The standard InChI is InChI=1S/C24H27NO5.C12H23N/c1-30-24(29)21-15-13-18-9-5-6-10-20(18)25(21)22(26)16-14-19(23(27)28)12-11-17-7-3-2-4-8-17;1-3-7-11(8-4-1)13-12-9-5-2-6-10-12/h2-10,19,21H,11-16H2,1H3,(H,27,28);11-13H,1-10H2. The Morgan fingerprint density at radius 2 is 1.44 bits per heavy atom. The minimum atomic E-state index is -0.901. The van der Waals surface area contributed by atoms with Crippen LogP contribution in [0.1, 0.15) is 101 Å². The van der Waals surface area contributed by atoms with Crippen LogP contribution in [0.4, 0.5) is 5.69 Å². The van der Waals surface area contributed by atoms with E-state index in [2.05, 4.69) is 5.32 Å². The second-order valence-electron chi connectivity index (χ2n) is 12.4. The summed E-state index contributed by atoms with van der Waals surface area (Å²) < 4.78 is 4.91. The molecule has 5 rings (SSSR count). The van der Waals surface area contributed by atoms with Gasteiger partial charge in [-0.05, 0) is 75.0 Å². The number of nitrogens with one attached hydrogen (secondary N) is 1. The maximum absolute atomic E-state index is 13.1. The number of benzene rings is 2. The van der Waals surface area contributed by atoms with E-state index in [0.29, 0.717) is 31.4 Å². The summed E-state index contributed by atoms with van der Waals surface area (Å²) >= 11 is 0. The lowest BCUT2D eigenvalue weighted by Crippen LogP contribution is -2.48. The van der Waals surface area contributed by atoms with E-state index in [1.165, 1.54) is 76.2 Å². The van der Waals surface area contributed by atoms with Crippen molar-refractivity contribution in [2.75, 3.05) is 12.0 Å². The number of amides is 1. The van der Waals surface area contributed by atoms with Gasteiger partial charge in [-0.25, -0.2) is 4.79 Å². The fourth-order valence-corrected chi connectivity index (χ4v) is 6.88. The van der Waals surface area contributed by atoms with Gasteiger partial charge in [-0.15, -0.1) is 0 Å². The van der Waals surface area contributed by atoms with Crippen molar-refractivity contribution in [3.8, 4) is 0 Å². The van der Waals surface area contributed by atoms with E-state index in [1.54, 1.807) is 0 Å². The third-order valence-electron chi connectivity index (χ3n) is 9.35. The van der Waals surface area contributed by atoms with E-state index in [9.17, 15) is 19.5 Å². The lowest BCUT2D eigenvalue weighted by molar-refractivity contribution is -0.144. The minimum absolute atomic E-state index is 0.0631. The largest absolute Gasteiger partial charge is 0.481 e. The zero-order chi connectivity index (χ0) is 30.4. The lowest BCUT2D eigenvalue weighted by atomic mass is 9.91. The summed E-state index contributed by atoms with van der Waals surface area (Å²) in [4.78, 5) is 38.6. The van der Waals surface area contributed by atoms with Crippen molar-refractivity contribution in [2.45, 2.75) is 121 Å². The van der Waals surface area contributed by atoms with E-state index in [1.807, 2.05) is 54.6 Å². The van der Waals surface area contributed by atoms with Crippen LogP contribution in [0.15, 0.2) is 54.6 Å². The summed E-state index contributed by atoms with van der Waals surface area (Å²) in [5.41, 5.74) is 2.79. The molecule has 2 unspecified atom stereocenters. The Morgan fingerprint density at radius 3 is 2.05 bits per heavy atom. The molecule has 2 aliphatic carbocycles. The molecular formula is C36H50N2O5. The highest BCUT2D eigenvalue weighted by molar-refractivity contribution is 6.00. The minimum Gasteiger partial charge on any atom is -0.481 e. The Morgan fingerprint density at radius 1 is 0.837 bits per heavy atom. The predicted molar refractivity (Wildman–Crippen MR) is 170 cm³/mol. The summed E-state index contributed by atoms with van der Waals surface area (Å²) in [6.07, 6.45) is 17.1. The van der Waals surface area contributed by atoms with Gasteiger partial charge in [0.05, 0.1) is 13.0 Å². The van der Waals surface area contributed by atoms with Crippen LogP contribution in [-0.4, -0.2) is 48.2 Å². The van der Waals surface area contributed by atoms with Crippen LogP contribution in [0.2, 0.25) is 0 Å². The second-order valence-corrected chi connectivity index (χ2v) is 12.4. The number of methoxy groups -OCH3 is 1. The molecule has 234 valence electrons. The van der Waals surface area contributed by atoms with Gasteiger partial charge in [0.15, 0.2) is 0 Å². The first-order valence-corrected chi connectivity index (χ1v) is 16.5. The number of carbonyl (C=O) groups is 3. The number of carboxylic acid groups (broad SMARTS) is 1. The van der Waals surface area contributed by atoms with E-state index in [4.69, 9.17) is 4.74 Å². The zero-order valence-corrected chi connectivity index (χ0v) is 25.8. The molecular weight excluding hydrogens is 540 g/mol. The molecule has 0 bridgehead atoms. The van der Waals surface area contributed by atoms with Crippen molar-refractivity contribution in [3.05, 3.63) is 65.7 Å². The van der Waals surface area contributed by atoms with Crippen molar-refractivity contribution in [1.29, 1.82) is 0 Å². The maximum atomic E-state index is 13.1. The van der Waals surface area contributed by atoms with Gasteiger partial charge in [0.1, 0.15) is 6.04 Å². The van der Waals surface area contributed by atoms with Crippen molar-refractivity contribution in [1.82, 2.24) is 5.32 Å². The number of fused-ring (bicyclic) bond motifs is 1. The molecule has 2 fully saturated rings. The van der Waals surface area contributed by atoms with Gasteiger partial charge in [-0.2, -0.15) is 0 Å². The van der Waals surface area contributed by atoms with E-state index < -0.39 is 23.9 Å². The molecule has 2 atom stereocenters. The number of esters is 1. The number of nitrogens with zero attached hydrogens (tertiary/aromatic N) is 1. The Kier molecular flexibility index (Phi) is 13.1. The Balaban J connectivity index is 0.000000269. The molecule has 7 nitrogen and oxygen atoms in total. The van der Waals surface area contributed by atoms with Crippen LogP contribution in [0, 0.1) is 5.92 Å². The first kappa shape index (κ1) is 32.7. The number of para-hydroxylation sites is 1. The highest BCUT2D eigenvalue weighted by Gasteiger charge is 2.36. The first-order valence-electron chi connectivity index (χ1n) is 16.5. The monoisotopic (exact) mass is 590 g/mol. The second kappa shape index (κ2) is 17.2. The van der Waals surface area contributed by atoms with Crippen molar-refractivity contribution in [3.63, 3.8) is 0 Å². The molecule has 0 saturated heterocycles. The Hall–Kier alpha value is -3.19. The van der Waals surface area contributed by atoms with Crippen LogP contribution in [0.3, 0.4) is 0 Å². The van der Waals surface area contributed by atoms with Gasteiger partial charge in [-0.3, -0.25) is 14.5 Å². The van der Waals surface area contributed by atoms with E-state index in [0.717, 1.165) is 23.2 Å². The summed E-state index contributed by atoms with van der Waals surface area (Å²) in [5.74, 6) is -2.21. The van der Waals surface area contributed by atoms with Gasteiger partial charge in [0.25, 0.3) is 0 Å². The number of anilines is 1. The van der Waals surface area contributed by atoms with Crippen molar-refractivity contribution < 1.29 is 24.2 Å². The number of aryl methyl sites for hydroxylation is 2. The molecule has 0 aromatic heterocycles. The molecule has 1 heterocycles. The van der Waals surface area contributed by atoms with Crippen LogP contribution in [-0.2, 0) is 32.0 Å². The summed E-state index contributed by atoms with van der Waals surface area (Å²) in [5, 5.41) is 13.5. The van der Waals surface area contributed by atoms with Gasteiger partial charge in [0.2, 0.25) is 5.91 Å². The number of rotatable bonds is 10. The zero-order valence-electron chi connectivity index (χ0n) is 25.8. The fraction of sp³-hybridized carbons (Fsp3) is 0.583. The molecule has 3 aliphatic rings. The van der Waals surface area contributed by atoms with Crippen LogP contribution < -0.4 is 10.2 Å². The number of hydrogen-bond acceptors (Lipinski definition) is 5. The van der Waals surface area contributed by atoms with Crippen molar-refractivity contribution in [2.24, 2.45) is 5.92 Å². The molecule has 2 aromatic rings. The third-order valence-corrected chi connectivity index (χ3v) is 9.35. The topological polar surface area (TPSA) is 95.9 Å². The normalized spacial score (nSPS) is 19.8. The molecule has 43 heavy (non-hydrogen) atoms. The first-order chi connectivity index (χ1) is 21.0. The lowest BCUT2D eigenvalue weighted by Gasteiger charge is -2.35. The Bertz CT molecular complexity index is 1140. The highest BCUT2D eigenvalue weighted by atomic mass is 16.5. The van der Waals surface area contributed by atoms with E-state index >= 15 is 0 Å². The average molecular weight is 591 g/mol. The number of aliphatic carboxylic acids is 1. The smallest absolute Gasteiger partial charge is 0.328 e. The fourth-order valence-electron chi connectivity index (χ4n) is 6.88. The molecule has 1 amide bonds. The average Bonchev–Trinajstić information content (AvgIpc) is 3.05. The molecule has 2 saturated carbocycles. The number of carbonyl (C=O) groups excluding carboxylic acids is 2. The van der Waals surface area contributed by atoms with Gasteiger partial charge in [-0.1, -0.05) is 87.1 Å². The highest BCUT2D eigenvalue weighted by Crippen LogP contribution is 2.32. The predicted octanol–water partition coefficient (Wildman–Crippen LogP) is 6.86. The molecule has 7 heteroatoms. The SMILES string of the molecule is C1CCC(NC2CCCCC2)CC1.COC(=O)C1CCc2ccccc2N1C(=O)CCC(CCc1ccccc1)C(=O)O. The molecule has 1 aliphatic heterocycles. The molecule has 0 spiro atoms. The van der Waals surface area contributed by atoms with Crippen molar-refractivity contribution >= 4 is 23.5 Å².